The summed E-state index contributed by atoms with van der Waals surface area (Å²) in [7, 11) is 0. The Balaban J connectivity index is 1.47. The molecule has 1 heterocycles. The molecular weight excluding hydrogens is 353 g/mol. The first-order valence-electron chi connectivity index (χ1n) is 10.1. The van der Waals surface area contributed by atoms with E-state index in [1.165, 1.54) is 17.7 Å². The van der Waals surface area contributed by atoms with Crippen molar-refractivity contribution >= 4 is 6.03 Å². The number of carbonyl (C=O) groups is 1. The molecule has 0 aliphatic carbocycles. The lowest BCUT2D eigenvalue weighted by molar-refractivity contribution is 0.184. The molecule has 3 rings (SSSR count). The molecule has 150 valence electrons. The molecule has 4 nitrogen and oxygen atoms in total. The highest BCUT2D eigenvalue weighted by Gasteiger charge is 2.23. The smallest absolute Gasteiger partial charge is 0.315 e. The highest BCUT2D eigenvalue weighted by Crippen LogP contribution is 2.22. The molecule has 5 heteroatoms. The standard InChI is InChI=1S/C23H30FN3O/c1-17(2)22(19-8-10-20(24)11-9-19)26-23(28)25-21-12-14-27(15-13-21)16-18-6-4-3-5-7-18/h3-11,17,21-22H,12-16H2,1-2H3,(H2,25,26,28)/t22-/m0/s1. The number of halogens is 1. The van der Waals surface area contributed by atoms with E-state index in [1.54, 1.807) is 12.1 Å². The molecule has 2 amide bonds. The van der Waals surface area contributed by atoms with Crippen molar-refractivity contribution in [3.63, 3.8) is 0 Å². The van der Waals surface area contributed by atoms with Crippen LogP contribution in [0.3, 0.4) is 0 Å². The number of benzene rings is 2. The average Bonchev–Trinajstić information content (AvgIpc) is 2.69. The predicted octanol–water partition coefficient (Wildman–Crippen LogP) is 4.49. The highest BCUT2D eigenvalue weighted by atomic mass is 19.1. The summed E-state index contributed by atoms with van der Waals surface area (Å²) in [6.07, 6.45) is 1.90. The molecule has 28 heavy (non-hydrogen) atoms. The molecule has 0 unspecified atom stereocenters. The molecule has 0 aromatic heterocycles. The van der Waals surface area contributed by atoms with Crippen LogP contribution in [0.1, 0.15) is 43.9 Å². The van der Waals surface area contributed by atoms with E-state index in [2.05, 4.69) is 53.6 Å². The molecule has 1 aliphatic rings. The summed E-state index contributed by atoms with van der Waals surface area (Å²) in [4.78, 5) is 15.0. The lowest BCUT2D eigenvalue weighted by Crippen LogP contribution is -2.48. The number of amides is 2. The van der Waals surface area contributed by atoms with Crippen LogP contribution in [0.2, 0.25) is 0 Å². The maximum Gasteiger partial charge on any atom is 0.315 e. The monoisotopic (exact) mass is 383 g/mol. The van der Waals surface area contributed by atoms with Gasteiger partial charge in [0.15, 0.2) is 0 Å². The van der Waals surface area contributed by atoms with Crippen LogP contribution in [0.5, 0.6) is 0 Å². The molecule has 0 bridgehead atoms. The fourth-order valence-electron chi connectivity index (χ4n) is 3.75. The highest BCUT2D eigenvalue weighted by molar-refractivity contribution is 5.74. The SMILES string of the molecule is CC(C)[C@H](NC(=O)NC1CCN(Cc2ccccc2)CC1)c1ccc(F)cc1. The first-order chi connectivity index (χ1) is 13.5. The molecule has 2 aromatic rings. The Morgan fingerprint density at radius 1 is 1.07 bits per heavy atom. The van der Waals surface area contributed by atoms with Gasteiger partial charge in [-0.15, -0.1) is 0 Å². The summed E-state index contributed by atoms with van der Waals surface area (Å²) in [5, 5.41) is 6.18. The molecule has 1 aliphatic heterocycles. The Morgan fingerprint density at radius 2 is 1.71 bits per heavy atom. The van der Waals surface area contributed by atoms with Crippen molar-refractivity contribution in [1.29, 1.82) is 0 Å². The van der Waals surface area contributed by atoms with Gasteiger partial charge in [-0.1, -0.05) is 56.3 Å². The molecule has 0 radical (unpaired) electrons. The van der Waals surface area contributed by atoms with Gasteiger partial charge in [0.2, 0.25) is 0 Å². The third kappa shape index (κ3) is 5.80. The van der Waals surface area contributed by atoms with Crippen LogP contribution >= 0.6 is 0 Å². The average molecular weight is 384 g/mol. The van der Waals surface area contributed by atoms with E-state index in [9.17, 15) is 9.18 Å². The van der Waals surface area contributed by atoms with Crippen molar-refractivity contribution in [3.05, 3.63) is 71.5 Å². The fraction of sp³-hybridized carbons (Fsp3) is 0.435. The first-order valence-corrected chi connectivity index (χ1v) is 10.1. The summed E-state index contributed by atoms with van der Waals surface area (Å²) >= 11 is 0. The Hall–Kier alpha value is -2.40. The Labute approximate surface area is 167 Å². The number of nitrogens with zero attached hydrogens (tertiary/aromatic N) is 1. The molecule has 0 saturated carbocycles. The number of likely N-dealkylation sites (tertiary alicyclic amines) is 1. The van der Waals surface area contributed by atoms with Crippen molar-refractivity contribution < 1.29 is 9.18 Å². The normalized spacial score (nSPS) is 16.7. The summed E-state index contributed by atoms with van der Waals surface area (Å²) in [5.41, 5.74) is 2.25. The van der Waals surface area contributed by atoms with Crippen LogP contribution in [-0.2, 0) is 6.54 Å². The van der Waals surface area contributed by atoms with Gasteiger partial charge in [-0.25, -0.2) is 9.18 Å². The van der Waals surface area contributed by atoms with Crippen LogP contribution in [0.15, 0.2) is 54.6 Å². The van der Waals surface area contributed by atoms with Crippen LogP contribution in [-0.4, -0.2) is 30.1 Å². The van der Waals surface area contributed by atoms with Gasteiger partial charge in [0.05, 0.1) is 6.04 Å². The van der Waals surface area contributed by atoms with Crippen LogP contribution in [0.25, 0.3) is 0 Å². The lowest BCUT2D eigenvalue weighted by atomic mass is 9.96. The Morgan fingerprint density at radius 3 is 2.32 bits per heavy atom. The third-order valence-corrected chi connectivity index (χ3v) is 5.35. The molecule has 1 atom stereocenters. The Bertz CT molecular complexity index is 740. The minimum atomic E-state index is -0.266. The lowest BCUT2D eigenvalue weighted by Gasteiger charge is -2.33. The van der Waals surface area contributed by atoms with Crippen molar-refractivity contribution in [3.8, 4) is 0 Å². The third-order valence-electron chi connectivity index (χ3n) is 5.35. The zero-order chi connectivity index (χ0) is 19.9. The maximum absolute atomic E-state index is 13.2. The second-order valence-corrected chi connectivity index (χ2v) is 7.93. The van der Waals surface area contributed by atoms with E-state index in [-0.39, 0.29) is 29.8 Å². The molecule has 2 aromatic carbocycles. The largest absolute Gasteiger partial charge is 0.335 e. The second-order valence-electron chi connectivity index (χ2n) is 7.93. The van der Waals surface area contributed by atoms with Gasteiger partial charge < -0.3 is 10.6 Å². The number of piperidine rings is 1. The molecule has 2 N–H and O–H groups in total. The maximum atomic E-state index is 13.2. The van der Waals surface area contributed by atoms with Gasteiger partial charge in [0.1, 0.15) is 5.82 Å². The van der Waals surface area contributed by atoms with E-state index in [0.717, 1.165) is 38.0 Å². The summed E-state index contributed by atoms with van der Waals surface area (Å²) < 4.78 is 13.2. The minimum Gasteiger partial charge on any atom is -0.335 e. The van der Waals surface area contributed by atoms with E-state index in [0.29, 0.717) is 0 Å². The molecule has 1 fully saturated rings. The number of carbonyl (C=O) groups excluding carboxylic acids is 1. The van der Waals surface area contributed by atoms with Crippen LogP contribution < -0.4 is 10.6 Å². The molecule has 1 saturated heterocycles. The zero-order valence-corrected chi connectivity index (χ0v) is 16.7. The van der Waals surface area contributed by atoms with Crippen LogP contribution in [0.4, 0.5) is 9.18 Å². The first kappa shape index (κ1) is 20.3. The quantitative estimate of drug-likeness (QED) is 0.772. The van der Waals surface area contributed by atoms with Gasteiger partial charge in [0.25, 0.3) is 0 Å². The van der Waals surface area contributed by atoms with E-state index in [4.69, 9.17) is 0 Å². The topological polar surface area (TPSA) is 44.4 Å². The van der Waals surface area contributed by atoms with Crippen molar-refractivity contribution in [2.24, 2.45) is 5.92 Å². The van der Waals surface area contributed by atoms with E-state index < -0.39 is 0 Å². The fourth-order valence-corrected chi connectivity index (χ4v) is 3.75. The minimum absolute atomic E-state index is 0.140. The number of hydrogen-bond donors (Lipinski definition) is 2. The number of nitrogens with one attached hydrogen (secondary N) is 2. The summed E-state index contributed by atoms with van der Waals surface area (Å²) in [6, 6.07) is 16.7. The zero-order valence-electron chi connectivity index (χ0n) is 16.7. The molecule has 0 spiro atoms. The molecular formula is C23H30FN3O. The van der Waals surface area contributed by atoms with Crippen molar-refractivity contribution in [2.45, 2.75) is 45.3 Å². The van der Waals surface area contributed by atoms with Gasteiger partial charge in [0, 0.05) is 25.7 Å². The van der Waals surface area contributed by atoms with Gasteiger partial charge in [-0.2, -0.15) is 0 Å². The Kier molecular flexibility index (Phi) is 7.04. The number of urea groups is 1. The van der Waals surface area contributed by atoms with E-state index in [1.807, 2.05) is 6.07 Å². The number of hydrogen-bond acceptors (Lipinski definition) is 2. The number of rotatable bonds is 6. The summed E-state index contributed by atoms with van der Waals surface area (Å²) in [6.45, 7) is 7.02. The predicted molar refractivity (Wildman–Crippen MR) is 110 cm³/mol. The van der Waals surface area contributed by atoms with Crippen LogP contribution in [0, 0.1) is 11.7 Å². The van der Waals surface area contributed by atoms with Gasteiger partial charge >= 0.3 is 6.03 Å². The van der Waals surface area contributed by atoms with Gasteiger partial charge in [-0.3, -0.25) is 4.90 Å². The van der Waals surface area contributed by atoms with Crippen molar-refractivity contribution in [1.82, 2.24) is 15.5 Å². The second kappa shape index (κ2) is 9.69. The van der Waals surface area contributed by atoms with Gasteiger partial charge in [-0.05, 0) is 42.0 Å². The van der Waals surface area contributed by atoms with Crippen molar-refractivity contribution in [2.75, 3.05) is 13.1 Å². The summed E-state index contributed by atoms with van der Waals surface area (Å²) in [5.74, 6) is -0.0538. The van der Waals surface area contributed by atoms with E-state index >= 15 is 0 Å².